The standard InChI is InChI=1S/C4H11NS3/c1-4(7,8)5-2-3-6/h5-8H,2-3H2,1H3. The zero-order valence-electron chi connectivity index (χ0n) is 4.76. The Morgan fingerprint density at radius 1 is 1.50 bits per heavy atom. The van der Waals surface area contributed by atoms with E-state index < -0.39 is 0 Å². The molecule has 0 aromatic rings. The molecule has 50 valence electrons. The fraction of sp³-hybridized carbons (Fsp3) is 1.00. The van der Waals surface area contributed by atoms with Crippen LogP contribution in [0.3, 0.4) is 0 Å². The lowest BCUT2D eigenvalue weighted by molar-refractivity contribution is 0.691. The molecule has 0 spiro atoms. The van der Waals surface area contributed by atoms with Crippen LogP contribution in [0.2, 0.25) is 0 Å². The van der Waals surface area contributed by atoms with Gasteiger partial charge in [-0.05, 0) is 6.92 Å². The van der Waals surface area contributed by atoms with Crippen LogP contribution < -0.4 is 5.32 Å². The lowest BCUT2D eigenvalue weighted by Crippen LogP contribution is -2.32. The monoisotopic (exact) mass is 169 g/mol. The van der Waals surface area contributed by atoms with Crippen molar-refractivity contribution in [2.45, 2.75) is 11.1 Å². The van der Waals surface area contributed by atoms with Crippen LogP contribution >= 0.6 is 37.9 Å². The second-order valence-corrected chi connectivity index (χ2v) is 4.26. The van der Waals surface area contributed by atoms with Gasteiger partial charge < -0.3 is 0 Å². The number of hydrogen-bond donors (Lipinski definition) is 4. The summed E-state index contributed by atoms with van der Waals surface area (Å²) in [4.78, 5) is 0. The van der Waals surface area contributed by atoms with Crippen molar-refractivity contribution in [1.82, 2.24) is 5.32 Å². The summed E-state index contributed by atoms with van der Waals surface area (Å²) in [7, 11) is 0. The van der Waals surface area contributed by atoms with Gasteiger partial charge in [0, 0.05) is 12.3 Å². The molecule has 0 heterocycles. The summed E-state index contributed by atoms with van der Waals surface area (Å²) in [5.41, 5.74) is 0. The molecule has 0 radical (unpaired) electrons. The minimum Gasteiger partial charge on any atom is -0.294 e. The van der Waals surface area contributed by atoms with Gasteiger partial charge in [0.15, 0.2) is 0 Å². The van der Waals surface area contributed by atoms with E-state index in [1.807, 2.05) is 6.92 Å². The van der Waals surface area contributed by atoms with E-state index in [1.165, 1.54) is 0 Å². The predicted octanol–water partition coefficient (Wildman–Crippen LogP) is 1.04. The summed E-state index contributed by atoms with van der Waals surface area (Å²) in [6, 6.07) is 0. The summed E-state index contributed by atoms with van der Waals surface area (Å²) >= 11 is 12.2. The van der Waals surface area contributed by atoms with E-state index in [1.54, 1.807) is 0 Å². The molecule has 1 nitrogen and oxygen atoms in total. The van der Waals surface area contributed by atoms with Crippen molar-refractivity contribution in [3.05, 3.63) is 0 Å². The van der Waals surface area contributed by atoms with Gasteiger partial charge in [-0.3, -0.25) is 5.32 Å². The molecule has 0 aliphatic rings. The molecule has 1 N–H and O–H groups in total. The van der Waals surface area contributed by atoms with Gasteiger partial charge in [0.05, 0.1) is 0 Å². The lowest BCUT2D eigenvalue weighted by atomic mass is 10.6. The van der Waals surface area contributed by atoms with Crippen LogP contribution in [0, 0.1) is 0 Å². The van der Waals surface area contributed by atoms with Crippen LogP contribution in [0.1, 0.15) is 6.92 Å². The molecule has 0 amide bonds. The third kappa shape index (κ3) is 7.01. The normalized spacial score (nSPS) is 12.0. The highest BCUT2D eigenvalue weighted by molar-refractivity contribution is 8.00. The molecule has 0 aromatic heterocycles. The molecule has 0 aliphatic heterocycles. The maximum Gasteiger partial charge on any atom is 0.103 e. The van der Waals surface area contributed by atoms with Gasteiger partial charge in [0.25, 0.3) is 0 Å². The van der Waals surface area contributed by atoms with Gasteiger partial charge in [-0.1, -0.05) is 0 Å². The van der Waals surface area contributed by atoms with E-state index in [-0.39, 0.29) is 4.20 Å². The molecule has 0 rings (SSSR count). The number of nitrogens with one attached hydrogen (secondary N) is 1. The Bertz CT molecular complexity index is 58.8. The van der Waals surface area contributed by atoms with E-state index >= 15 is 0 Å². The van der Waals surface area contributed by atoms with Crippen LogP contribution in [-0.4, -0.2) is 16.5 Å². The number of rotatable bonds is 3. The maximum absolute atomic E-state index is 4.11. The van der Waals surface area contributed by atoms with Crippen molar-refractivity contribution >= 4 is 37.9 Å². The van der Waals surface area contributed by atoms with Crippen LogP contribution in [0.5, 0.6) is 0 Å². The molecule has 4 heteroatoms. The van der Waals surface area contributed by atoms with E-state index in [0.29, 0.717) is 0 Å². The summed E-state index contributed by atoms with van der Waals surface area (Å²) in [6.07, 6.45) is 0. The Hall–Kier alpha value is 1.01. The Balaban J connectivity index is 3.11. The molecule has 0 fully saturated rings. The van der Waals surface area contributed by atoms with Crippen molar-refractivity contribution in [1.29, 1.82) is 0 Å². The fourth-order valence-electron chi connectivity index (χ4n) is 0.293. The van der Waals surface area contributed by atoms with E-state index in [4.69, 9.17) is 0 Å². The van der Waals surface area contributed by atoms with Crippen LogP contribution in [0.15, 0.2) is 0 Å². The van der Waals surface area contributed by atoms with Gasteiger partial charge in [-0.15, -0.1) is 25.3 Å². The zero-order chi connectivity index (χ0) is 6.62. The lowest BCUT2D eigenvalue weighted by Gasteiger charge is -2.16. The van der Waals surface area contributed by atoms with Crippen LogP contribution in [-0.2, 0) is 0 Å². The molecule has 0 unspecified atom stereocenters. The van der Waals surface area contributed by atoms with Crippen molar-refractivity contribution in [2.75, 3.05) is 12.3 Å². The summed E-state index contributed by atoms with van der Waals surface area (Å²) in [5.74, 6) is 0.816. The molecular formula is C4H11NS3. The Morgan fingerprint density at radius 2 is 2.00 bits per heavy atom. The SMILES string of the molecule is CC(S)(S)NCCS. The molecule has 0 saturated heterocycles. The maximum atomic E-state index is 4.11. The molecule has 8 heavy (non-hydrogen) atoms. The molecular weight excluding hydrogens is 158 g/mol. The van der Waals surface area contributed by atoms with Crippen molar-refractivity contribution in [3.63, 3.8) is 0 Å². The summed E-state index contributed by atoms with van der Waals surface area (Å²) < 4.78 is -0.358. The highest BCUT2D eigenvalue weighted by Crippen LogP contribution is 2.12. The van der Waals surface area contributed by atoms with E-state index in [9.17, 15) is 0 Å². The predicted molar refractivity (Wildman–Crippen MR) is 48.2 cm³/mol. The minimum atomic E-state index is -0.358. The summed E-state index contributed by atoms with van der Waals surface area (Å²) in [5, 5.41) is 3.02. The molecule has 0 aromatic carbocycles. The summed E-state index contributed by atoms with van der Waals surface area (Å²) in [6.45, 7) is 2.72. The minimum absolute atomic E-state index is 0.358. The van der Waals surface area contributed by atoms with Crippen LogP contribution in [0.4, 0.5) is 0 Å². The number of hydrogen-bond acceptors (Lipinski definition) is 4. The molecule has 0 bridgehead atoms. The smallest absolute Gasteiger partial charge is 0.103 e. The second kappa shape index (κ2) is 3.93. The highest BCUT2D eigenvalue weighted by atomic mass is 32.2. The number of thiol groups is 3. The topological polar surface area (TPSA) is 12.0 Å². The Labute approximate surface area is 66.8 Å². The van der Waals surface area contributed by atoms with E-state index in [2.05, 4.69) is 43.2 Å². The van der Waals surface area contributed by atoms with Crippen molar-refractivity contribution < 1.29 is 0 Å². The fourth-order valence-corrected chi connectivity index (χ4v) is 0.628. The quantitative estimate of drug-likeness (QED) is 0.366. The van der Waals surface area contributed by atoms with Crippen molar-refractivity contribution in [3.8, 4) is 0 Å². The average Bonchev–Trinajstić information content (AvgIpc) is 1.59. The average molecular weight is 169 g/mol. The molecule has 0 saturated carbocycles. The second-order valence-electron chi connectivity index (χ2n) is 1.67. The molecule has 0 atom stereocenters. The largest absolute Gasteiger partial charge is 0.294 e. The first-order valence-corrected chi connectivity index (χ1v) is 3.89. The van der Waals surface area contributed by atoms with Gasteiger partial charge in [-0.2, -0.15) is 12.6 Å². The first-order valence-electron chi connectivity index (χ1n) is 2.37. The van der Waals surface area contributed by atoms with E-state index in [0.717, 1.165) is 12.3 Å². The van der Waals surface area contributed by atoms with Crippen molar-refractivity contribution in [2.24, 2.45) is 0 Å². The van der Waals surface area contributed by atoms with Crippen LogP contribution in [0.25, 0.3) is 0 Å². The van der Waals surface area contributed by atoms with Gasteiger partial charge in [0.1, 0.15) is 4.20 Å². The molecule has 0 aliphatic carbocycles. The Kier molecular flexibility index (Phi) is 4.42. The first kappa shape index (κ1) is 9.01. The first-order chi connectivity index (χ1) is 3.56. The van der Waals surface area contributed by atoms with Gasteiger partial charge >= 0.3 is 0 Å². The Morgan fingerprint density at radius 3 is 2.12 bits per heavy atom. The third-order valence-electron chi connectivity index (χ3n) is 0.572. The highest BCUT2D eigenvalue weighted by Gasteiger charge is 2.08. The zero-order valence-corrected chi connectivity index (χ0v) is 7.44. The van der Waals surface area contributed by atoms with Gasteiger partial charge in [-0.25, -0.2) is 0 Å². The third-order valence-corrected chi connectivity index (χ3v) is 1.11. The van der Waals surface area contributed by atoms with Gasteiger partial charge in [0.2, 0.25) is 0 Å².